The predicted molar refractivity (Wildman–Crippen MR) is 37.4 cm³/mol. The Morgan fingerprint density at radius 1 is 1.00 bits per heavy atom. The van der Waals surface area contributed by atoms with Crippen LogP contribution in [0.3, 0.4) is 0 Å². The number of nitrogens with zero attached hydrogens (tertiary/aromatic N) is 1. The van der Waals surface area contributed by atoms with Crippen molar-refractivity contribution in [1.29, 1.82) is 0 Å². The molecule has 1 nitrogen and oxygen atoms in total. The molecule has 0 aromatic carbocycles. The molecule has 0 spiro atoms. The smallest absolute Gasteiger partial charge is 0.0274 e. The summed E-state index contributed by atoms with van der Waals surface area (Å²) in [6.45, 7) is 1.15. The average Bonchev–Trinajstić information content (AvgIpc) is 2.33. The SMILES string of the molecule is C1C[N][C@H]2CCC[C@@H]2C1. The maximum Gasteiger partial charge on any atom is 0.0274 e. The molecule has 1 aliphatic carbocycles. The highest BCUT2D eigenvalue weighted by Gasteiger charge is 2.29. The molecule has 1 aliphatic heterocycles. The fourth-order valence-electron chi connectivity index (χ4n) is 2.20. The third-order valence-corrected chi connectivity index (χ3v) is 2.72. The Hall–Kier alpha value is -0.0400. The molecular weight excluding hydrogens is 110 g/mol. The molecule has 0 unspecified atom stereocenters. The van der Waals surface area contributed by atoms with Gasteiger partial charge in [-0.3, -0.25) is 0 Å². The number of hydrogen-bond donors (Lipinski definition) is 0. The molecule has 1 saturated carbocycles. The minimum absolute atomic E-state index is 0.791. The zero-order valence-electron chi connectivity index (χ0n) is 5.84. The lowest BCUT2D eigenvalue weighted by atomic mass is 9.94. The second-order valence-corrected chi connectivity index (χ2v) is 3.31. The fourth-order valence-corrected chi connectivity index (χ4v) is 2.20. The monoisotopic (exact) mass is 124 g/mol. The van der Waals surface area contributed by atoms with Crippen molar-refractivity contribution >= 4 is 0 Å². The van der Waals surface area contributed by atoms with Gasteiger partial charge < -0.3 is 0 Å². The molecule has 1 saturated heterocycles. The Morgan fingerprint density at radius 2 is 1.89 bits per heavy atom. The van der Waals surface area contributed by atoms with Gasteiger partial charge in [-0.15, -0.1) is 0 Å². The van der Waals surface area contributed by atoms with Gasteiger partial charge in [0.15, 0.2) is 0 Å². The lowest BCUT2D eigenvalue weighted by Crippen LogP contribution is -2.31. The van der Waals surface area contributed by atoms with Gasteiger partial charge >= 0.3 is 0 Å². The molecule has 2 aliphatic rings. The summed E-state index contributed by atoms with van der Waals surface area (Å²) in [6, 6.07) is 0.791. The first kappa shape index (κ1) is 5.72. The van der Waals surface area contributed by atoms with E-state index >= 15 is 0 Å². The van der Waals surface area contributed by atoms with Gasteiger partial charge in [0.1, 0.15) is 0 Å². The van der Waals surface area contributed by atoms with E-state index in [-0.39, 0.29) is 0 Å². The fraction of sp³-hybridized carbons (Fsp3) is 1.00. The number of rotatable bonds is 0. The Morgan fingerprint density at radius 3 is 2.78 bits per heavy atom. The Kier molecular flexibility index (Phi) is 1.46. The number of hydrogen-bond acceptors (Lipinski definition) is 0. The van der Waals surface area contributed by atoms with E-state index in [2.05, 4.69) is 5.32 Å². The first-order valence-electron chi connectivity index (χ1n) is 4.13. The van der Waals surface area contributed by atoms with Crippen LogP contribution in [0.15, 0.2) is 0 Å². The van der Waals surface area contributed by atoms with E-state index < -0.39 is 0 Å². The standard InChI is InChI=1S/C8H14N/c1-3-7-4-2-6-9-8(7)5-1/h7-8H,1-6H2/t7-,8+/m1/s1. The second-order valence-electron chi connectivity index (χ2n) is 3.31. The molecule has 2 fully saturated rings. The highest BCUT2D eigenvalue weighted by molar-refractivity contribution is 4.85. The molecule has 2 atom stereocenters. The quantitative estimate of drug-likeness (QED) is 0.465. The molecule has 0 aromatic heterocycles. The van der Waals surface area contributed by atoms with Crippen LogP contribution in [0.25, 0.3) is 0 Å². The summed E-state index contributed by atoms with van der Waals surface area (Å²) in [5.74, 6) is 0.999. The van der Waals surface area contributed by atoms with Gasteiger partial charge in [0.05, 0.1) is 0 Å². The molecule has 1 heterocycles. The van der Waals surface area contributed by atoms with E-state index in [1.165, 1.54) is 32.1 Å². The summed E-state index contributed by atoms with van der Waals surface area (Å²) < 4.78 is 0. The Labute approximate surface area is 56.8 Å². The summed E-state index contributed by atoms with van der Waals surface area (Å²) >= 11 is 0. The zero-order valence-corrected chi connectivity index (χ0v) is 5.84. The van der Waals surface area contributed by atoms with Gasteiger partial charge in [-0.2, -0.15) is 0 Å². The summed E-state index contributed by atoms with van der Waals surface area (Å²) in [6.07, 6.45) is 7.13. The molecule has 0 bridgehead atoms. The average molecular weight is 124 g/mol. The van der Waals surface area contributed by atoms with Crippen molar-refractivity contribution < 1.29 is 0 Å². The van der Waals surface area contributed by atoms with Crippen LogP contribution in [-0.4, -0.2) is 12.6 Å². The summed E-state index contributed by atoms with van der Waals surface area (Å²) in [4.78, 5) is 0. The Bertz CT molecular complexity index is 88.7. The first-order chi connectivity index (χ1) is 4.47. The summed E-state index contributed by atoms with van der Waals surface area (Å²) in [7, 11) is 0. The van der Waals surface area contributed by atoms with E-state index in [1.807, 2.05) is 0 Å². The van der Waals surface area contributed by atoms with Gasteiger partial charge in [-0.05, 0) is 31.6 Å². The van der Waals surface area contributed by atoms with Crippen LogP contribution < -0.4 is 5.32 Å². The third-order valence-electron chi connectivity index (χ3n) is 2.72. The van der Waals surface area contributed by atoms with Crippen molar-refractivity contribution in [2.75, 3.05) is 6.54 Å². The minimum Gasteiger partial charge on any atom is -0.238 e. The Balaban J connectivity index is 1.97. The highest BCUT2D eigenvalue weighted by atomic mass is 14.9. The zero-order chi connectivity index (χ0) is 6.10. The highest BCUT2D eigenvalue weighted by Crippen LogP contribution is 2.32. The van der Waals surface area contributed by atoms with Crippen molar-refractivity contribution in [3.05, 3.63) is 0 Å². The van der Waals surface area contributed by atoms with Gasteiger partial charge in [0.25, 0.3) is 0 Å². The first-order valence-corrected chi connectivity index (χ1v) is 4.13. The van der Waals surface area contributed by atoms with E-state index in [9.17, 15) is 0 Å². The van der Waals surface area contributed by atoms with E-state index in [1.54, 1.807) is 0 Å². The lowest BCUT2D eigenvalue weighted by molar-refractivity contribution is 0.312. The van der Waals surface area contributed by atoms with Gasteiger partial charge in [0.2, 0.25) is 0 Å². The third kappa shape index (κ3) is 0.983. The van der Waals surface area contributed by atoms with Crippen LogP contribution in [0, 0.1) is 5.92 Å². The molecule has 1 radical (unpaired) electrons. The number of piperidine rings is 1. The van der Waals surface area contributed by atoms with Crippen LogP contribution in [0.1, 0.15) is 32.1 Å². The molecule has 2 rings (SSSR count). The molecule has 0 amide bonds. The van der Waals surface area contributed by atoms with Crippen LogP contribution in [0.2, 0.25) is 0 Å². The largest absolute Gasteiger partial charge is 0.238 e. The summed E-state index contributed by atoms with van der Waals surface area (Å²) in [5, 5.41) is 4.59. The van der Waals surface area contributed by atoms with Crippen LogP contribution >= 0.6 is 0 Å². The van der Waals surface area contributed by atoms with Crippen molar-refractivity contribution in [2.24, 2.45) is 5.92 Å². The molecule has 0 aromatic rings. The van der Waals surface area contributed by atoms with Crippen LogP contribution in [-0.2, 0) is 0 Å². The topological polar surface area (TPSA) is 14.1 Å². The van der Waals surface area contributed by atoms with Crippen molar-refractivity contribution in [3.8, 4) is 0 Å². The predicted octanol–water partition coefficient (Wildman–Crippen LogP) is 1.55. The molecule has 9 heavy (non-hydrogen) atoms. The normalized spacial score (nSPS) is 42.7. The van der Waals surface area contributed by atoms with Crippen LogP contribution in [0.5, 0.6) is 0 Å². The molecule has 51 valence electrons. The van der Waals surface area contributed by atoms with Gasteiger partial charge in [0, 0.05) is 12.6 Å². The lowest BCUT2D eigenvalue weighted by Gasteiger charge is -2.24. The van der Waals surface area contributed by atoms with Crippen molar-refractivity contribution in [1.82, 2.24) is 5.32 Å². The minimum atomic E-state index is 0.791. The molecule has 1 heteroatoms. The van der Waals surface area contributed by atoms with Gasteiger partial charge in [-0.25, -0.2) is 5.32 Å². The molecular formula is C8H14N. The second kappa shape index (κ2) is 2.30. The maximum atomic E-state index is 4.59. The van der Waals surface area contributed by atoms with E-state index in [0.29, 0.717) is 0 Å². The summed E-state index contributed by atoms with van der Waals surface area (Å²) in [5.41, 5.74) is 0. The van der Waals surface area contributed by atoms with E-state index in [0.717, 1.165) is 18.5 Å². The van der Waals surface area contributed by atoms with Crippen molar-refractivity contribution in [2.45, 2.75) is 38.1 Å². The maximum absolute atomic E-state index is 4.59. The van der Waals surface area contributed by atoms with Crippen molar-refractivity contribution in [3.63, 3.8) is 0 Å². The van der Waals surface area contributed by atoms with E-state index in [4.69, 9.17) is 0 Å². The van der Waals surface area contributed by atoms with Crippen LogP contribution in [0.4, 0.5) is 0 Å². The number of fused-ring (bicyclic) bond motifs is 1. The molecule has 0 N–H and O–H groups in total. The van der Waals surface area contributed by atoms with Gasteiger partial charge in [-0.1, -0.05) is 6.42 Å².